The number of benzene rings is 1. The van der Waals surface area contributed by atoms with Gasteiger partial charge in [0.05, 0.1) is 12.7 Å². The summed E-state index contributed by atoms with van der Waals surface area (Å²) < 4.78 is 14.7. The highest BCUT2D eigenvalue weighted by atomic mass is 35.5. The van der Waals surface area contributed by atoms with Gasteiger partial charge in [-0.3, -0.25) is 4.68 Å². The normalized spacial score (nSPS) is 12.6. The van der Waals surface area contributed by atoms with Gasteiger partial charge in [0, 0.05) is 17.3 Å². The molecule has 5 heteroatoms. The van der Waals surface area contributed by atoms with Crippen LogP contribution in [0.15, 0.2) is 30.6 Å². The van der Waals surface area contributed by atoms with Crippen LogP contribution in [0.5, 0.6) is 0 Å². The van der Waals surface area contributed by atoms with E-state index in [1.165, 1.54) is 12.1 Å². The second kappa shape index (κ2) is 6.17. The van der Waals surface area contributed by atoms with Crippen molar-refractivity contribution in [1.82, 2.24) is 9.78 Å². The standard InChI is InChI=1S/C14H17ClFN3/c1-2-13(17)5-10-7-18-19(8-10)9-11-3-4-12(16)6-14(11)15/h3-4,6-8,13H,2,5,9,17H2,1H3. The van der Waals surface area contributed by atoms with E-state index in [0.29, 0.717) is 11.6 Å². The molecular weight excluding hydrogens is 265 g/mol. The maximum atomic E-state index is 13.0. The van der Waals surface area contributed by atoms with Gasteiger partial charge in [-0.2, -0.15) is 5.10 Å². The van der Waals surface area contributed by atoms with Gasteiger partial charge in [0.15, 0.2) is 0 Å². The van der Waals surface area contributed by atoms with Crippen LogP contribution in [-0.2, 0) is 13.0 Å². The van der Waals surface area contributed by atoms with E-state index in [1.807, 2.05) is 12.4 Å². The summed E-state index contributed by atoms with van der Waals surface area (Å²) in [4.78, 5) is 0. The van der Waals surface area contributed by atoms with E-state index in [4.69, 9.17) is 17.3 Å². The minimum absolute atomic E-state index is 0.159. The second-order valence-corrected chi connectivity index (χ2v) is 5.06. The van der Waals surface area contributed by atoms with Gasteiger partial charge in [-0.05, 0) is 36.1 Å². The lowest BCUT2D eigenvalue weighted by molar-refractivity contribution is 0.624. The van der Waals surface area contributed by atoms with Crippen LogP contribution in [0.3, 0.4) is 0 Å². The van der Waals surface area contributed by atoms with Gasteiger partial charge in [-0.25, -0.2) is 4.39 Å². The molecule has 1 aromatic heterocycles. The largest absolute Gasteiger partial charge is 0.327 e. The quantitative estimate of drug-likeness (QED) is 0.915. The Hall–Kier alpha value is -1.39. The van der Waals surface area contributed by atoms with Crippen molar-refractivity contribution in [3.05, 3.63) is 52.6 Å². The minimum Gasteiger partial charge on any atom is -0.327 e. The maximum absolute atomic E-state index is 13.0. The van der Waals surface area contributed by atoms with Crippen LogP contribution in [0.4, 0.5) is 4.39 Å². The van der Waals surface area contributed by atoms with Crippen molar-refractivity contribution < 1.29 is 4.39 Å². The number of hydrogen-bond acceptors (Lipinski definition) is 2. The average Bonchev–Trinajstić information content (AvgIpc) is 2.80. The van der Waals surface area contributed by atoms with E-state index in [2.05, 4.69) is 12.0 Å². The molecule has 0 radical (unpaired) electrons. The molecule has 0 aliphatic carbocycles. The molecule has 2 rings (SSSR count). The monoisotopic (exact) mass is 281 g/mol. The summed E-state index contributed by atoms with van der Waals surface area (Å²) in [5.41, 5.74) is 7.86. The number of hydrogen-bond donors (Lipinski definition) is 1. The van der Waals surface area contributed by atoms with Crippen molar-refractivity contribution in [2.75, 3.05) is 0 Å². The van der Waals surface area contributed by atoms with Crippen LogP contribution in [0.25, 0.3) is 0 Å². The van der Waals surface area contributed by atoms with Crippen LogP contribution in [-0.4, -0.2) is 15.8 Å². The molecule has 1 atom stereocenters. The Morgan fingerprint density at radius 2 is 2.26 bits per heavy atom. The third-order valence-corrected chi connectivity index (χ3v) is 3.41. The van der Waals surface area contributed by atoms with Crippen LogP contribution in [0.1, 0.15) is 24.5 Å². The third-order valence-electron chi connectivity index (χ3n) is 3.06. The van der Waals surface area contributed by atoms with Crippen molar-refractivity contribution >= 4 is 11.6 Å². The van der Waals surface area contributed by atoms with Gasteiger partial charge in [0.2, 0.25) is 0 Å². The van der Waals surface area contributed by atoms with Gasteiger partial charge < -0.3 is 5.73 Å². The lowest BCUT2D eigenvalue weighted by Crippen LogP contribution is -2.21. The Kier molecular flexibility index (Phi) is 4.56. The van der Waals surface area contributed by atoms with Gasteiger partial charge in [-0.1, -0.05) is 24.6 Å². The molecule has 1 heterocycles. The molecule has 19 heavy (non-hydrogen) atoms. The maximum Gasteiger partial charge on any atom is 0.124 e. The first-order chi connectivity index (χ1) is 9.08. The Labute approximate surface area is 117 Å². The summed E-state index contributed by atoms with van der Waals surface area (Å²) >= 11 is 5.99. The van der Waals surface area contributed by atoms with Crippen molar-refractivity contribution in [1.29, 1.82) is 0 Å². The molecule has 1 aromatic carbocycles. The van der Waals surface area contributed by atoms with Crippen LogP contribution in [0, 0.1) is 5.82 Å². The first-order valence-electron chi connectivity index (χ1n) is 6.29. The molecule has 1 unspecified atom stereocenters. The van der Waals surface area contributed by atoms with Crippen LogP contribution in [0.2, 0.25) is 5.02 Å². The number of nitrogens with zero attached hydrogens (tertiary/aromatic N) is 2. The summed E-state index contributed by atoms with van der Waals surface area (Å²) in [6, 6.07) is 4.55. The molecule has 2 aromatic rings. The average molecular weight is 282 g/mol. The summed E-state index contributed by atoms with van der Waals surface area (Å²) in [7, 11) is 0. The zero-order valence-corrected chi connectivity index (χ0v) is 11.6. The van der Waals surface area contributed by atoms with Crippen LogP contribution < -0.4 is 5.73 Å². The van der Waals surface area contributed by atoms with Crippen molar-refractivity contribution in [3.8, 4) is 0 Å². The Morgan fingerprint density at radius 1 is 1.47 bits per heavy atom. The van der Waals surface area contributed by atoms with Gasteiger partial charge >= 0.3 is 0 Å². The number of aromatic nitrogens is 2. The van der Waals surface area contributed by atoms with Gasteiger partial charge in [-0.15, -0.1) is 0 Å². The highest BCUT2D eigenvalue weighted by molar-refractivity contribution is 6.31. The third kappa shape index (κ3) is 3.78. The van der Waals surface area contributed by atoms with E-state index in [1.54, 1.807) is 10.7 Å². The fraction of sp³-hybridized carbons (Fsp3) is 0.357. The number of rotatable bonds is 5. The number of halogens is 2. The first kappa shape index (κ1) is 14.0. The van der Waals surface area contributed by atoms with Crippen molar-refractivity contribution in [3.63, 3.8) is 0 Å². The molecule has 0 saturated carbocycles. The molecule has 0 spiro atoms. The Morgan fingerprint density at radius 3 is 2.95 bits per heavy atom. The fourth-order valence-electron chi connectivity index (χ4n) is 1.87. The summed E-state index contributed by atoms with van der Waals surface area (Å²) in [5.74, 6) is -0.330. The van der Waals surface area contributed by atoms with E-state index in [0.717, 1.165) is 24.0 Å². The second-order valence-electron chi connectivity index (χ2n) is 4.65. The molecule has 0 aliphatic rings. The molecule has 0 saturated heterocycles. The lowest BCUT2D eigenvalue weighted by Gasteiger charge is -2.06. The topological polar surface area (TPSA) is 43.8 Å². The highest BCUT2D eigenvalue weighted by Gasteiger charge is 2.06. The number of nitrogens with two attached hydrogens (primary N) is 1. The lowest BCUT2D eigenvalue weighted by atomic mass is 10.1. The summed E-state index contributed by atoms with van der Waals surface area (Å²) in [6.07, 6.45) is 5.52. The Balaban J connectivity index is 2.07. The molecule has 0 fully saturated rings. The Bertz CT molecular complexity index is 553. The zero-order chi connectivity index (χ0) is 13.8. The van der Waals surface area contributed by atoms with Gasteiger partial charge in [0.25, 0.3) is 0 Å². The molecule has 0 bridgehead atoms. The molecule has 2 N–H and O–H groups in total. The zero-order valence-electron chi connectivity index (χ0n) is 10.8. The van der Waals surface area contributed by atoms with Crippen molar-refractivity contribution in [2.24, 2.45) is 5.73 Å². The summed E-state index contributed by atoms with van der Waals surface area (Å²) in [5, 5.41) is 4.69. The smallest absolute Gasteiger partial charge is 0.124 e. The molecule has 3 nitrogen and oxygen atoms in total. The van der Waals surface area contributed by atoms with Gasteiger partial charge in [0.1, 0.15) is 5.82 Å². The van der Waals surface area contributed by atoms with E-state index >= 15 is 0 Å². The van der Waals surface area contributed by atoms with E-state index < -0.39 is 0 Å². The fourth-order valence-corrected chi connectivity index (χ4v) is 2.10. The molecule has 0 aliphatic heterocycles. The predicted octanol–water partition coefficient (Wildman–Crippen LogP) is 3.00. The SMILES string of the molecule is CCC(N)Cc1cnn(Cc2ccc(F)cc2Cl)c1. The first-order valence-corrected chi connectivity index (χ1v) is 6.67. The predicted molar refractivity (Wildman–Crippen MR) is 74.7 cm³/mol. The minimum atomic E-state index is -0.330. The van der Waals surface area contributed by atoms with Crippen molar-refractivity contribution in [2.45, 2.75) is 32.4 Å². The molecule has 0 amide bonds. The molecular formula is C14H17ClFN3. The summed E-state index contributed by atoms with van der Waals surface area (Å²) in [6.45, 7) is 2.59. The van der Waals surface area contributed by atoms with Crippen LogP contribution >= 0.6 is 11.6 Å². The van der Waals surface area contributed by atoms with E-state index in [9.17, 15) is 4.39 Å². The molecule has 102 valence electrons. The van der Waals surface area contributed by atoms with E-state index in [-0.39, 0.29) is 11.9 Å². The highest BCUT2D eigenvalue weighted by Crippen LogP contribution is 2.18.